The van der Waals surface area contributed by atoms with Crippen LogP contribution in [0.3, 0.4) is 0 Å². The summed E-state index contributed by atoms with van der Waals surface area (Å²) in [5.41, 5.74) is 1.22. The zero-order valence-corrected chi connectivity index (χ0v) is 11.2. The van der Waals surface area contributed by atoms with Crippen molar-refractivity contribution >= 4 is 5.91 Å². The fraction of sp³-hybridized carbons (Fsp3) is 0.533. The number of carbonyl (C=O) groups is 1. The molecule has 3 nitrogen and oxygen atoms in total. The molecular formula is C15H22N2O. The minimum Gasteiger partial charge on any atom is -0.352 e. The summed E-state index contributed by atoms with van der Waals surface area (Å²) >= 11 is 0. The Bertz CT molecular complexity index is 396. The lowest BCUT2D eigenvalue weighted by Crippen LogP contribution is -2.47. The van der Waals surface area contributed by atoms with Crippen LogP contribution in [0.2, 0.25) is 0 Å². The van der Waals surface area contributed by atoms with E-state index in [9.17, 15) is 4.79 Å². The second kappa shape index (κ2) is 5.53. The SMILES string of the molecule is CC(C)(Cc1ccccc1)NCC(=O)NC1CC1. The molecule has 3 heteroatoms. The average Bonchev–Trinajstić information content (AvgIpc) is 3.11. The molecule has 0 saturated heterocycles. The maximum absolute atomic E-state index is 11.6. The Morgan fingerprint density at radius 3 is 2.56 bits per heavy atom. The molecule has 0 aliphatic heterocycles. The number of hydrogen-bond acceptors (Lipinski definition) is 2. The van der Waals surface area contributed by atoms with Crippen LogP contribution in [-0.2, 0) is 11.2 Å². The van der Waals surface area contributed by atoms with Crippen molar-refractivity contribution in [1.29, 1.82) is 0 Å². The molecule has 0 atom stereocenters. The van der Waals surface area contributed by atoms with Crippen LogP contribution in [0, 0.1) is 0 Å². The highest BCUT2D eigenvalue weighted by atomic mass is 16.2. The Hall–Kier alpha value is -1.35. The smallest absolute Gasteiger partial charge is 0.234 e. The van der Waals surface area contributed by atoms with Gasteiger partial charge in [0.05, 0.1) is 6.54 Å². The predicted molar refractivity (Wildman–Crippen MR) is 73.4 cm³/mol. The number of amides is 1. The van der Waals surface area contributed by atoms with Gasteiger partial charge in [-0.3, -0.25) is 4.79 Å². The van der Waals surface area contributed by atoms with Gasteiger partial charge in [-0.25, -0.2) is 0 Å². The minimum atomic E-state index is -0.0672. The van der Waals surface area contributed by atoms with Gasteiger partial charge >= 0.3 is 0 Å². The highest BCUT2D eigenvalue weighted by Crippen LogP contribution is 2.18. The van der Waals surface area contributed by atoms with Crippen molar-refractivity contribution in [2.45, 2.75) is 44.7 Å². The lowest BCUT2D eigenvalue weighted by molar-refractivity contribution is -0.120. The third-order valence-corrected chi connectivity index (χ3v) is 3.16. The first-order valence-corrected chi connectivity index (χ1v) is 6.63. The molecule has 1 fully saturated rings. The van der Waals surface area contributed by atoms with Crippen molar-refractivity contribution in [2.75, 3.05) is 6.54 Å². The number of hydrogen-bond donors (Lipinski definition) is 2. The lowest BCUT2D eigenvalue weighted by atomic mass is 9.95. The molecule has 2 N–H and O–H groups in total. The van der Waals surface area contributed by atoms with E-state index in [0.29, 0.717) is 12.6 Å². The van der Waals surface area contributed by atoms with Crippen LogP contribution < -0.4 is 10.6 Å². The topological polar surface area (TPSA) is 41.1 Å². The van der Waals surface area contributed by atoms with Crippen molar-refractivity contribution < 1.29 is 4.79 Å². The summed E-state index contributed by atoms with van der Waals surface area (Å²) in [4.78, 5) is 11.6. The van der Waals surface area contributed by atoms with Crippen molar-refractivity contribution in [1.82, 2.24) is 10.6 Å². The Kier molecular flexibility index (Phi) is 4.02. The van der Waals surface area contributed by atoms with Gasteiger partial charge in [-0.1, -0.05) is 30.3 Å². The molecule has 0 aromatic heterocycles. The first-order valence-electron chi connectivity index (χ1n) is 6.63. The predicted octanol–water partition coefficient (Wildman–Crippen LogP) is 1.88. The van der Waals surface area contributed by atoms with Crippen molar-refractivity contribution in [3.8, 4) is 0 Å². The summed E-state index contributed by atoms with van der Waals surface area (Å²) in [5, 5.41) is 6.32. The van der Waals surface area contributed by atoms with Crippen LogP contribution in [0.15, 0.2) is 30.3 Å². The summed E-state index contributed by atoms with van der Waals surface area (Å²) in [6.07, 6.45) is 3.20. The molecule has 1 aliphatic carbocycles. The van der Waals surface area contributed by atoms with E-state index in [2.05, 4.69) is 36.6 Å². The van der Waals surface area contributed by atoms with Gasteiger partial charge in [-0.15, -0.1) is 0 Å². The fourth-order valence-corrected chi connectivity index (χ4v) is 1.99. The van der Waals surface area contributed by atoms with Gasteiger partial charge in [0.2, 0.25) is 5.91 Å². The summed E-state index contributed by atoms with van der Waals surface area (Å²) in [6, 6.07) is 10.8. The molecule has 18 heavy (non-hydrogen) atoms. The fourth-order valence-electron chi connectivity index (χ4n) is 1.99. The first kappa shape index (κ1) is 13.1. The number of rotatable bonds is 6. The van der Waals surface area contributed by atoms with Crippen LogP contribution in [0.5, 0.6) is 0 Å². The van der Waals surface area contributed by atoms with Crippen LogP contribution in [-0.4, -0.2) is 24.0 Å². The van der Waals surface area contributed by atoms with E-state index >= 15 is 0 Å². The third-order valence-electron chi connectivity index (χ3n) is 3.16. The van der Waals surface area contributed by atoms with Gasteiger partial charge in [0.1, 0.15) is 0 Å². The number of benzene rings is 1. The van der Waals surface area contributed by atoms with E-state index in [1.54, 1.807) is 0 Å². The molecule has 98 valence electrons. The van der Waals surface area contributed by atoms with Crippen LogP contribution in [0.4, 0.5) is 0 Å². The van der Waals surface area contributed by atoms with Crippen molar-refractivity contribution in [3.05, 3.63) is 35.9 Å². The average molecular weight is 246 g/mol. The van der Waals surface area contributed by atoms with Crippen LogP contribution in [0.1, 0.15) is 32.3 Å². The molecular weight excluding hydrogens is 224 g/mol. The Balaban J connectivity index is 1.77. The molecule has 0 bridgehead atoms. The number of carbonyl (C=O) groups excluding carboxylic acids is 1. The summed E-state index contributed by atoms with van der Waals surface area (Å²) in [7, 11) is 0. The molecule has 1 amide bonds. The van der Waals surface area contributed by atoms with E-state index in [1.807, 2.05) is 18.2 Å². The van der Waals surface area contributed by atoms with Gasteiger partial charge in [-0.05, 0) is 38.7 Å². The highest BCUT2D eigenvalue weighted by molar-refractivity contribution is 5.78. The number of nitrogens with one attached hydrogen (secondary N) is 2. The zero-order chi connectivity index (χ0) is 13.0. The second-order valence-corrected chi connectivity index (χ2v) is 5.74. The van der Waals surface area contributed by atoms with Crippen LogP contribution in [0.25, 0.3) is 0 Å². The lowest BCUT2D eigenvalue weighted by Gasteiger charge is -2.26. The molecule has 1 aliphatic rings. The van der Waals surface area contributed by atoms with Crippen molar-refractivity contribution in [2.24, 2.45) is 0 Å². The van der Waals surface area contributed by atoms with E-state index in [4.69, 9.17) is 0 Å². The zero-order valence-electron chi connectivity index (χ0n) is 11.2. The molecule has 0 radical (unpaired) electrons. The van der Waals surface area contributed by atoms with Gasteiger partial charge in [-0.2, -0.15) is 0 Å². The molecule has 0 heterocycles. The minimum absolute atomic E-state index is 0.0672. The Morgan fingerprint density at radius 2 is 1.94 bits per heavy atom. The van der Waals surface area contributed by atoms with Gasteiger partial charge < -0.3 is 10.6 Å². The maximum atomic E-state index is 11.6. The standard InChI is InChI=1S/C15H22N2O/c1-15(2,10-12-6-4-3-5-7-12)16-11-14(18)17-13-8-9-13/h3-7,13,16H,8-11H2,1-2H3,(H,17,18). The monoisotopic (exact) mass is 246 g/mol. The first-order chi connectivity index (χ1) is 8.55. The molecule has 0 unspecified atom stereocenters. The third kappa shape index (κ3) is 4.49. The van der Waals surface area contributed by atoms with Gasteiger partial charge in [0, 0.05) is 11.6 Å². The van der Waals surface area contributed by atoms with Crippen molar-refractivity contribution in [3.63, 3.8) is 0 Å². The summed E-state index contributed by atoms with van der Waals surface area (Å²) < 4.78 is 0. The maximum Gasteiger partial charge on any atom is 0.234 e. The highest BCUT2D eigenvalue weighted by Gasteiger charge is 2.24. The molecule has 1 aromatic rings. The van der Waals surface area contributed by atoms with Gasteiger partial charge in [0.15, 0.2) is 0 Å². The Labute approximate surface area is 109 Å². The quantitative estimate of drug-likeness (QED) is 0.804. The molecule has 1 saturated carbocycles. The van der Waals surface area contributed by atoms with Gasteiger partial charge in [0.25, 0.3) is 0 Å². The molecule has 2 rings (SSSR count). The second-order valence-electron chi connectivity index (χ2n) is 5.74. The molecule has 1 aromatic carbocycles. The van der Waals surface area contributed by atoms with E-state index in [0.717, 1.165) is 19.3 Å². The normalized spacial score (nSPS) is 15.4. The largest absolute Gasteiger partial charge is 0.352 e. The van der Waals surface area contributed by atoms with E-state index in [-0.39, 0.29) is 11.4 Å². The summed E-state index contributed by atoms with van der Waals surface area (Å²) in [5.74, 6) is 0.110. The Morgan fingerprint density at radius 1 is 1.28 bits per heavy atom. The molecule has 0 spiro atoms. The summed E-state index contributed by atoms with van der Waals surface area (Å²) in [6.45, 7) is 4.66. The van der Waals surface area contributed by atoms with Crippen LogP contribution >= 0.6 is 0 Å². The van der Waals surface area contributed by atoms with E-state index < -0.39 is 0 Å². The van der Waals surface area contributed by atoms with E-state index in [1.165, 1.54) is 5.56 Å².